The smallest absolute Gasteiger partial charge is 0.0894 e. The quantitative estimate of drug-likeness (QED) is 0.409. The van der Waals surface area contributed by atoms with Gasteiger partial charge in [-0.25, -0.2) is 9.97 Å². The second kappa shape index (κ2) is 8.01. The van der Waals surface area contributed by atoms with Gasteiger partial charge in [-0.05, 0) is 49.3 Å². The van der Waals surface area contributed by atoms with Gasteiger partial charge in [-0.3, -0.25) is 0 Å². The molecule has 0 atom stereocenters. The van der Waals surface area contributed by atoms with E-state index < -0.39 is 0 Å². The predicted octanol–water partition coefficient (Wildman–Crippen LogP) is 6.59. The minimum absolute atomic E-state index is 0.865. The van der Waals surface area contributed by atoms with E-state index in [1.165, 1.54) is 11.1 Å². The van der Waals surface area contributed by atoms with Crippen LogP contribution in [0.5, 0.6) is 0 Å². The second-order valence-corrected chi connectivity index (χ2v) is 6.98. The lowest BCUT2D eigenvalue weighted by atomic mass is 10.1. The van der Waals surface area contributed by atoms with Crippen molar-refractivity contribution >= 4 is 35.3 Å². The maximum Gasteiger partial charge on any atom is 0.0894 e. The minimum Gasteiger partial charge on any atom is -0.245 e. The average molecular weight is 362 g/mol. The molecule has 3 aromatic carbocycles. The summed E-state index contributed by atoms with van der Waals surface area (Å²) in [6.45, 7) is 4.20. The molecule has 136 valence electrons. The van der Waals surface area contributed by atoms with Gasteiger partial charge in [-0.1, -0.05) is 83.9 Å². The summed E-state index contributed by atoms with van der Waals surface area (Å²) in [5, 5.41) is 0. The van der Waals surface area contributed by atoms with E-state index in [9.17, 15) is 0 Å². The fourth-order valence-corrected chi connectivity index (χ4v) is 3.17. The van der Waals surface area contributed by atoms with E-state index in [2.05, 4.69) is 74.5 Å². The molecule has 4 aromatic rings. The number of nitrogens with zero attached hydrogens (tertiary/aromatic N) is 2. The van der Waals surface area contributed by atoms with Crippen molar-refractivity contribution < 1.29 is 0 Å². The third-order valence-electron chi connectivity index (χ3n) is 4.58. The van der Waals surface area contributed by atoms with Crippen LogP contribution < -0.4 is 0 Å². The van der Waals surface area contributed by atoms with Gasteiger partial charge >= 0.3 is 0 Å². The average Bonchev–Trinajstić information content (AvgIpc) is 2.70. The molecule has 2 nitrogen and oxygen atoms in total. The molecule has 0 aliphatic heterocycles. The number of para-hydroxylation sites is 2. The molecule has 28 heavy (non-hydrogen) atoms. The Hall–Kier alpha value is -3.52. The largest absolute Gasteiger partial charge is 0.245 e. The molecule has 0 amide bonds. The summed E-state index contributed by atoms with van der Waals surface area (Å²) in [7, 11) is 0. The van der Waals surface area contributed by atoms with Crippen LogP contribution in [-0.2, 0) is 0 Å². The van der Waals surface area contributed by atoms with Gasteiger partial charge in [0.1, 0.15) is 0 Å². The molecule has 1 heterocycles. The van der Waals surface area contributed by atoms with Crippen LogP contribution in [0.4, 0.5) is 0 Å². The predicted molar refractivity (Wildman–Crippen MR) is 120 cm³/mol. The SMILES string of the molecule is Cc1cccc(C=Cc2nc3ccccc3nc2C=Cc2cccc(C)c2)c1. The van der Waals surface area contributed by atoms with Crippen LogP contribution in [0.2, 0.25) is 0 Å². The van der Waals surface area contributed by atoms with E-state index in [1.807, 2.05) is 36.4 Å². The molecule has 0 radical (unpaired) electrons. The molecule has 0 bridgehead atoms. The Morgan fingerprint density at radius 3 is 1.43 bits per heavy atom. The third kappa shape index (κ3) is 4.24. The molecule has 0 spiro atoms. The number of rotatable bonds is 4. The van der Waals surface area contributed by atoms with Crippen LogP contribution in [0.25, 0.3) is 35.3 Å². The summed E-state index contributed by atoms with van der Waals surface area (Å²) >= 11 is 0. The fraction of sp³-hybridized carbons (Fsp3) is 0.0769. The zero-order valence-electron chi connectivity index (χ0n) is 16.1. The minimum atomic E-state index is 0.865. The number of benzene rings is 3. The van der Waals surface area contributed by atoms with E-state index in [1.54, 1.807) is 0 Å². The number of hydrogen-bond donors (Lipinski definition) is 0. The molecule has 2 heteroatoms. The topological polar surface area (TPSA) is 25.8 Å². The highest BCUT2D eigenvalue weighted by Crippen LogP contribution is 2.18. The molecular formula is C26H22N2. The molecule has 0 saturated heterocycles. The van der Waals surface area contributed by atoms with Crippen molar-refractivity contribution in [3.63, 3.8) is 0 Å². The Morgan fingerprint density at radius 2 is 1.00 bits per heavy atom. The van der Waals surface area contributed by atoms with Gasteiger partial charge < -0.3 is 0 Å². The van der Waals surface area contributed by atoms with Gasteiger partial charge in [0, 0.05) is 0 Å². The van der Waals surface area contributed by atoms with Crippen LogP contribution in [0.3, 0.4) is 0 Å². The monoisotopic (exact) mass is 362 g/mol. The Balaban J connectivity index is 1.76. The van der Waals surface area contributed by atoms with Crippen molar-refractivity contribution in [2.45, 2.75) is 13.8 Å². The van der Waals surface area contributed by atoms with Crippen LogP contribution in [0.15, 0.2) is 72.8 Å². The molecule has 1 aromatic heterocycles. The summed E-state index contributed by atoms with van der Waals surface area (Å²) in [5.74, 6) is 0. The van der Waals surface area contributed by atoms with Crippen LogP contribution in [-0.4, -0.2) is 9.97 Å². The zero-order valence-corrected chi connectivity index (χ0v) is 16.1. The Kier molecular flexibility index (Phi) is 5.11. The van der Waals surface area contributed by atoms with Gasteiger partial charge in [0.25, 0.3) is 0 Å². The molecule has 0 saturated carbocycles. The van der Waals surface area contributed by atoms with Crippen LogP contribution >= 0.6 is 0 Å². The van der Waals surface area contributed by atoms with Gasteiger partial charge in [-0.15, -0.1) is 0 Å². The summed E-state index contributed by atoms with van der Waals surface area (Å²) in [6.07, 6.45) is 8.28. The van der Waals surface area contributed by atoms with Crippen molar-refractivity contribution in [1.29, 1.82) is 0 Å². The Labute approximate surface area is 165 Å². The number of fused-ring (bicyclic) bond motifs is 1. The Morgan fingerprint density at radius 1 is 0.536 bits per heavy atom. The van der Waals surface area contributed by atoms with Gasteiger partial charge in [0.2, 0.25) is 0 Å². The standard InChI is InChI=1S/C26H22N2/c1-19-7-5-9-21(17-19)13-15-25-26(16-14-22-10-6-8-20(2)18-22)28-24-12-4-3-11-23(24)27-25/h3-18H,1-2H3. The van der Waals surface area contributed by atoms with Gasteiger partial charge in [0.05, 0.1) is 22.4 Å². The first kappa shape index (κ1) is 17.9. The number of aromatic nitrogens is 2. The molecule has 0 unspecified atom stereocenters. The Bertz CT molecular complexity index is 1090. The van der Waals surface area contributed by atoms with E-state index in [0.717, 1.165) is 33.5 Å². The molecule has 4 rings (SSSR count). The van der Waals surface area contributed by atoms with Crippen molar-refractivity contribution in [3.8, 4) is 0 Å². The molecule has 0 fully saturated rings. The maximum absolute atomic E-state index is 4.84. The highest BCUT2D eigenvalue weighted by molar-refractivity contribution is 5.82. The third-order valence-corrected chi connectivity index (χ3v) is 4.58. The molecule has 0 aliphatic carbocycles. The lowest BCUT2D eigenvalue weighted by Gasteiger charge is -2.04. The van der Waals surface area contributed by atoms with Crippen LogP contribution in [0, 0.1) is 13.8 Å². The van der Waals surface area contributed by atoms with Gasteiger partial charge in [-0.2, -0.15) is 0 Å². The normalized spacial score (nSPS) is 11.6. The number of hydrogen-bond acceptors (Lipinski definition) is 2. The summed E-state index contributed by atoms with van der Waals surface area (Å²) in [5.41, 5.74) is 8.33. The highest BCUT2D eigenvalue weighted by atomic mass is 14.8. The zero-order chi connectivity index (χ0) is 19.3. The summed E-state index contributed by atoms with van der Waals surface area (Å²) < 4.78 is 0. The van der Waals surface area contributed by atoms with E-state index in [-0.39, 0.29) is 0 Å². The second-order valence-electron chi connectivity index (χ2n) is 6.98. The van der Waals surface area contributed by atoms with Crippen LogP contribution in [0.1, 0.15) is 33.6 Å². The first-order valence-corrected chi connectivity index (χ1v) is 9.44. The van der Waals surface area contributed by atoms with E-state index in [0.29, 0.717) is 0 Å². The van der Waals surface area contributed by atoms with Crippen molar-refractivity contribution in [1.82, 2.24) is 9.97 Å². The lowest BCUT2D eigenvalue weighted by Crippen LogP contribution is -1.93. The summed E-state index contributed by atoms with van der Waals surface area (Å²) in [6, 6.07) is 24.8. The van der Waals surface area contributed by atoms with E-state index >= 15 is 0 Å². The first-order valence-electron chi connectivity index (χ1n) is 9.44. The first-order chi connectivity index (χ1) is 13.7. The number of aryl methyl sites for hydroxylation is 2. The summed E-state index contributed by atoms with van der Waals surface area (Å²) in [4.78, 5) is 9.68. The van der Waals surface area contributed by atoms with Crippen molar-refractivity contribution in [3.05, 3.63) is 106 Å². The van der Waals surface area contributed by atoms with E-state index in [4.69, 9.17) is 9.97 Å². The van der Waals surface area contributed by atoms with Gasteiger partial charge in [0.15, 0.2) is 0 Å². The molecule has 0 N–H and O–H groups in total. The molecule has 0 aliphatic rings. The molecular weight excluding hydrogens is 340 g/mol. The van der Waals surface area contributed by atoms with Crippen molar-refractivity contribution in [2.75, 3.05) is 0 Å². The lowest BCUT2D eigenvalue weighted by molar-refractivity contribution is 1.24. The highest BCUT2D eigenvalue weighted by Gasteiger charge is 2.04. The maximum atomic E-state index is 4.84. The van der Waals surface area contributed by atoms with Crippen molar-refractivity contribution in [2.24, 2.45) is 0 Å². The fourth-order valence-electron chi connectivity index (χ4n) is 3.17.